The molecule has 0 spiro atoms. The van der Waals surface area contributed by atoms with Crippen LogP contribution in [0.4, 0.5) is 0 Å². The smallest absolute Gasteiger partial charge is 0.233 e. The molecule has 2 aromatic rings. The predicted molar refractivity (Wildman–Crippen MR) is 122 cm³/mol. The van der Waals surface area contributed by atoms with E-state index in [1.54, 1.807) is 0 Å². The van der Waals surface area contributed by atoms with Crippen LogP contribution in [0, 0.1) is 0 Å². The van der Waals surface area contributed by atoms with Crippen molar-refractivity contribution >= 4 is 23.6 Å². The average molecular weight is 425 g/mol. The number of hydrogen-bond acceptors (Lipinski definition) is 3. The maximum Gasteiger partial charge on any atom is 0.233 e. The van der Waals surface area contributed by atoms with Gasteiger partial charge >= 0.3 is 0 Å². The van der Waals surface area contributed by atoms with E-state index >= 15 is 0 Å². The number of ether oxygens (including phenoxy) is 1. The lowest BCUT2D eigenvalue weighted by Gasteiger charge is -2.43. The first kappa shape index (κ1) is 21.1. The van der Waals surface area contributed by atoms with Gasteiger partial charge in [-0.1, -0.05) is 66.2 Å². The number of rotatable bonds is 5. The minimum absolute atomic E-state index is 0.243. The molecule has 0 N–H and O–H groups in total. The standard InChI is InChI=1S/C25H29ClN2O2/c26-23-10-8-22(9-11-23)25(12-19-30-20-13-25)24(29)28-17-15-27(16-18-28)14-4-7-21-5-2-1-3-6-21/h1-11H,12-20H2/b7-4+. The van der Waals surface area contributed by atoms with Crippen molar-refractivity contribution in [2.45, 2.75) is 18.3 Å². The predicted octanol–water partition coefficient (Wildman–Crippen LogP) is 4.25. The van der Waals surface area contributed by atoms with E-state index in [1.807, 2.05) is 30.3 Å². The molecule has 30 heavy (non-hydrogen) atoms. The molecule has 0 saturated carbocycles. The number of benzene rings is 2. The van der Waals surface area contributed by atoms with Crippen LogP contribution in [0.25, 0.3) is 6.08 Å². The highest BCUT2D eigenvalue weighted by molar-refractivity contribution is 6.30. The van der Waals surface area contributed by atoms with Gasteiger partial charge in [0.25, 0.3) is 0 Å². The van der Waals surface area contributed by atoms with Crippen LogP contribution in [0.2, 0.25) is 5.02 Å². The lowest BCUT2D eigenvalue weighted by Crippen LogP contribution is -2.56. The SMILES string of the molecule is O=C(N1CCN(C/C=C/c2ccccc2)CC1)C1(c2ccc(Cl)cc2)CCOCC1. The number of carbonyl (C=O) groups is 1. The summed E-state index contributed by atoms with van der Waals surface area (Å²) >= 11 is 6.09. The molecular formula is C25H29ClN2O2. The normalized spacial score (nSPS) is 19.8. The molecular weight excluding hydrogens is 396 g/mol. The first-order valence-electron chi connectivity index (χ1n) is 10.7. The molecule has 2 aromatic carbocycles. The van der Waals surface area contributed by atoms with E-state index in [1.165, 1.54) is 5.56 Å². The van der Waals surface area contributed by atoms with Crippen molar-refractivity contribution in [2.75, 3.05) is 45.9 Å². The molecule has 2 aliphatic rings. The fraction of sp³-hybridized carbons (Fsp3) is 0.400. The second kappa shape index (κ2) is 9.78. The van der Waals surface area contributed by atoms with Gasteiger partial charge in [0.05, 0.1) is 5.41 Å². The minimum Gasteiger partial charge on any atom is -0.381 e. The molecule has 2 heterocycles. The van der Waals surface area contributed by atoms with Crippen LogP contribution in [-0.4, -0.2) is 61.6 Å². The maximum absolute atomic E-state index is 13.7. The van der Waals surface area contributed by atoms with Crippen LogP contribution >= 0.6 is 11.6 Å². The Bertz CT molecular complexity index is 852. The van der Waals surface area contributed by atoms with Crippen molar-refractivity contribution in [1.29, 1.82) is 0 Å². The first-order chi connectivity index (χ1) is 14.7. The van der Waals surface area contributed by atoms with Gasteiger partial charge < -0.3 is 9.64 Å². The molecule has 2 saturated heterocycles. The molecule has 2 aliphatic heterocycles. The molecule has 0 radical (unpaired) electrons. The highest BCUT2D eigenvalue weighted by atomic mass is 35.5. The largest absolute Gasteiger partial charge is 0.381 e. The second-order valence-electron chi connectivity index (χ2n) is 8.11. The van der Waals surface area contributed by atoms with E-state index in [-0.39, 0.29) is 5.91 Å². The van der Waals surface area contributed by atoms with Gasteiger partial charge in [0.1, 0.15) is 0 Å². The number of carbonyl (C=O) groups excluding carboxylic acids is 1. The quantitative estimate of drug-likeness (QED) is 0.719. The molecule has 4 rings (SSSR count). The Morgan fingerprint density at radius 1 is 0.967 bits per heavy atom. The number of amides is 1. The van der Waals surface area contributed by atoms with Gasteiger partial charge in [-0.3, -0.25) is 9.69 Å². The van der Waals surface area contributed by atoms with Gasteiger partial charge in [-0.05, 0) is 36.1 Å². The Labute approximate surface area is 184 Å². The van der Waals surface area contributed by atoms with E-state index < -0.39 is 5.41 Å². The monoisotopic (exact) mass is 424 g/mol. The Morgan fingerprint density at radius 2 is 1.63 bits per heavy atom. The minimum atomic E-state index is -0.488. The van der Waals surface area contributed by atoms with Crippen LogP contribution < -0.4 is 0 Å². The Hall–Kier alpha value is -2.14. The van der Waals surface area contributed by atoms with E-state index in [9.17, 15) is 4.79 Å². The van der Waals surface area contributed by atoms with E-state index in [4.69, 9.17) is 16.3 Å². The number of nitrogens with zero attached hydrogens (tertiary/aromatic N) is 2. The summed E-state index contributed by atoms with van der Waals surface area (Å²) in [5, 5.41) is 0.700. The van der Waals surface area contributed by atoms with Gasteiger partial charge in [-0.15, -0.1) is 0 Å². The molecule has 1 amide bonds. The molecule has 0 atom stereocenters. The van der Waals surface area contributed by atoms with Gasteiger partial charge in [-0.2, -0.15) is 0 Å². The van der Waals surface area contributed by atoms with Crippen molar-refractivity contribution in [2.24, 2.45) is 0 Å². The number of hydrogen-bond donors (Lipinski definition) is 0. The fourth-order valence-electron chi connectivity index (χ4n) is 4.45. The molecule has 0 bridgehead atoms. The van der Waals surface area contributed by atoms with Crippen molar-refractivity contribution in [3.63, 3.8) is 0 Å². The molecule has 0 unspecified atom stereocenters. The molecule has 2 fully saturated rings. The highest BCUT2D eigenvalue weighted by Crippen LogP contribution is 2.37. The highest BCUT2D eigenvalue weighted by Gasteiger charge is 2.44. The van der Waals surface area contributed by atoms with Gasteiger partial charge in [-0.25, -0.2) is 0 Å². The Balaban J connectivity index is 1.38. The van der Waals surface area contributed by atoms with E-state index in [2.05, 4.69) is 46.2 Å². The lowest BCUT2D eigenvalue weighted by atomic mass is 9.73. The molecule has 0 aromatic heterocycles. The zero-order valence-electron chi connectivity index (χ0n) is 17.3. The topological polar surface area (TPSA) is 32.8 Å². The van der Waals surface area contributed by atoms with Gasteiger partial charge in [0.15, 0.2) is 0 Å². The third-order valence-electron chi connectivity index (χ3n) is 6.29. The fourth-order valence-corrected chi connectivity index (χ4v) is 4.58. The van der Waals surface area contributed by atoms with Crippen LogP contribution in [0.5, 0.6) is 0 Å². The molecule has 4 nitrogen and oxygen atoms in total. The maximum atomic E-state index is 13.7. The summed E-state index contributed by atoms with van der Waals surface area (Å²) in [4.78, 5) is 18.1. The van der Waals surface area contributed by atoms with Crippen molar-refractivity contribution in [3.8, 4) is 0 Å². The van der Waals surface area contributed by atoms with Crippen LogP contribution in [-0.2, 0) is 14.9 Å². The molecule has 0 aliphatic carbocycles. The Morgan fingerprint density at radius 3 is 2.30 bits per heavy atom. The zero-order chi connectivity index (χ0) is 20.8. The summed E-state index contributed by atoms with van der Waals surface area (Å²) in [6.45, 7) is 5.50. The first-order valence-corrected chi connectivity index (χ1v) is 11.1. The summed E-state index contributed by atoms with van der Waals surface area (Å²) in [6.07, 6.45) is 5.83. The van der Waals surface area contributed by atoms with Crippen LogP contribution in [0.15, 0.2) is 60.7 Å². The third kappa shape index (κ3) is 4.77. The van der Waals surface area contributed by atoms with Crippen molar-refractivity contribution in [1.82, 2.24) is 9.80 Å². The van der Waals surface area contributed by atoms with Gasteiger partial charge in [0, 0.05) is 51.0 Å². The molecule has 5 heteroatoms. The second-order valence-corrected chi connectivity index (χ2v) is 8.54. The summed E-state index contributed by atoms with van der Waals surface area (Å²) in [5.74, 6) is 0.243. The molecule has 158 valence electrons. The van der Waals surface area contributed by atoms with E-state index in [0.29, 0.717) is 18.2 Å². The summed E-state index contributed by atoms with van der Waals surface area (Å²) in [6, 6.07) is 18.1. The summed E-state index contributed by atoms with van der Waals surface area (Å²) in [5.41, 5.74) is 1.79. The van der Waals surface area contributed by atoms with Crippen LogP contribution in [0.1, 0.15) is 24.0 Å². The average Bonchev–Trinajstić information content (AvgIpc) is 2.81. The summed E-state index contributed by atoms with van der Waals surface area (Å²) in [7, 11) is 0. The number of halogens is 1. The third-order valence-corrected chi connectivity index (χ3v) is 6.54. The zero-order valence-corrected chi connectivity index (χ0v) is 18.1. The van der Waals surface area contributed by atoms with Gasteiger partial charge in [0.2, 0.25) is 5.91 Å². The summed E-state index contributed by atoms with van der Waals surface area (Å²) < 4.78 is 5.59. The van der Waals surface area contributed by atoms with Crippen molar-refractivity contribution < 1.29 is 9.53 Å². The number of piperazine rings is 1. The van der Waals surface area contributed by atoms with E-state index in [0.717, 1.165) is 51.1 Å². The lowest BCUT2D eigenvalue weighted by molar-refractivity contribution is -0.143. The Kier molecular flexibility index (Phi) is 6.88. The van der Waals surface area contributed by atoms with Crippen molar-refractivity contribution in [3.05, 3.63) is 76.8 Å². The van der Waals surface area contributed by atoms with Crippen LogP contribution in [0.3, 0.4) is 0 Å².